The summed E-state index contributed by atoms with van der Waals surface area (Å²) in [6.07, 6.45) is 14.5. The van der Waals surface area contributed by atoms with E-state index in [0.29, 0.717) is 74.1 Å². The highest BCUT2D eigenvalue weighted by Crippen LogP contribution is 2.41. The molecule has 5 fully saturated rings. The average molecular weight is 1700 g/mol. The zero-order valence-electron chi connectivity index (χ0n) is 73.5. The number of piperazine rings is 2. The third-order valence-electron chi connectivity index (χ3n) is 25.1. The molecule has 6 aliphatic rings. The van der Waals surface area contributed by atoms with E-state index in [1.54, 1.807) is 45.6 Å². The van der Waals surface area contributed by atoms with Crippen molar-refractivity contribution in [3.63, 3.8) is 0 Å². The Morgan fingerprint density at radius 2 is 1.40 bits per heavy atom. The van der Waals surface area contributed by atoms with Crippen molar-refractivity contribution in [1.82, 2.24) is 39.5 Å². The SMILES string of the molecule is C=CC[C@@H]1/C=C(\C)C[C@H](C)C[C@H](OC)[C@H]2O[C@@](O)(C(=O)C(=O)N3CCCC[C@H]3C(=O)O[C@H](/C(C)=C/[C@@H]3CC[C@@H](O)[C@H](OC)C3)[C@H](C)[C@@H](O)CC1=O)[C@H](C)C[C@@H]2OC.Cc1ccc(NC(=O)c2ccc(CN3CCN(C)CC3)cc2)cc1Nc1nccc(-c2cccnc2)n1.Fc1ccc(C(c2ccc(F)cc2)N2CCN(C/C=C/c3ccccc3)CC2)cc1. The maximum absolute atomic E-state index is 14.3. The van der Waals surface area contributed by atoms with Crippen LogP contribution in [0.25, 0.3) is 17.3 Å². The van der Waals surface area contributed by atoms with Crippen LogP contribution in [0.1, 0.15) is 149 Å². The number of methoxy groups -OCH3 is 3. The average Bonchev–Trinajstić information content (AvgIpc) is 0.774. The second kappa shape index (κ2) is 45.9. The van der Waals surface area contributed by atoms with Crippen LogP contribution >= 0.6 is 0 Å². The van der Waals surface area contributed by atoms with E-state index >= 15 is 0 Å². The molecule has 7 heterocycles. The Bertz CT molecular complexity index is 4680. The number of carbonyl (C=O) groups is 5. The number of cyclic esters (lactones) is 1. The lowest BCUT2D eigenvalue weighted by atomic mass is 9.81. The van der Waals surface area contributed by atoms with E-state index in [9.17, 15) is 48.1 Å². The molecule has 0 radical (unpaired) electrons. The molecule has 4 saturated heterocycles. The molecule has 7 aromatic rings. The number of carbonyl (C=O) groups excluding carboxylic acids is 5. The van der Waals surface area contributed by atoms with Crippen LogP contribution in [0.15, 0.2) is 200 Å². The second-order valence-corrected chi connectivity index (χ2v) is 34.3. The van der Waals surface area contributed by atoms with Crippen LogP contribution in [0.5, 0.6) is 0 Å². The van der Waals surface area contributed by atoms with Gasteiger partial charge in [-0.2, -0.15) is 0 Å². The van der Waals surface area contributed by atoms with Crippen LogP contribution < -0.4 is 10.6 Å². The number of hydrogen-bond donors (Lipinski definition) is 5. The van der Waals surface area contributed by atoms with E-state index in [2.05, 4.69) is 83.1 Å². The summed E-state index contributed by atoms with van der Waals surface area (Å²) in [4.78, 5) is 93.5. The van der Waals surface area contributed by atoms with Crippen molar-refractivity contribution < 1.29 is 71.8 Å². The molecular formula is C99H126F2N10O13. The summed E-state index contributed by atoms with van der Waals surface area (Å²) in [6, 6.07) is 41.8. The number of fused-ring (bicyclic) bond motifs is 3. The van der Waals surface area contributed by atoms with Gasteiger partial charge >= 0.3 is 5.97 Å². The normalized spacial score (nSPS) is 26.9. The number of likely N-dealkylation sites (N-methyl/N-ethyl adjacent to an activating group) is 1. The van der Waals surface area contributed by atoms with Gasteiger partial charge in [0.2, 0.25) is 11.7 Å². The molecule has 5 aliphatic heterocycles. The van der Waals surface area contributed by atoms with Gasteiger partial charge in [-0.05, 0) is 204 Å². The van der Waals surface area contributed by atoms with E-state index < -0.39 is 83.9 Å². The number of benzene rings is 5. The maximum Gasteiger partial charge on any atom is 0.329 e. The first-order chi connectivity index (χ1) is 59.7. The van der Waals surface area contributed by atoms with Crippen LogP contribution in [0.4, 0.5) is 26.1 Å². The molecule has 1 saturated carbocycles. The molecule has 2 bridgehead atoms. The molecule has 5 aromatic carbocycles. The van der Waals surface area contributed by atoms with Crippen molar-refractivity contribution in [2.24, 2.45) is 29.6 Å². The van der Waals surface area contributed by atoms with Gasteiger partial charge in [-0.1, -0.05) is 130 Å². The topological polar surface area (TPSA) is 271 Å². The monoisotopic (exact) mass is 1700 g/mol. The Labute approximate surface area is 730 Å². The molecule has 0 spiro atoms. The number of esters is 1. The summed E-state index contributed by atoms with van der Waals surface area (Å²) in [6.45, 7) is 25.0. The number of anilines is 3. The predicted molar refractivity (Wildman–Crippen MR) is 478 cm³/mol. The number of aliphatic hydroxyl groups excluding tert-OH is 2. The number of halogens is 2. The van der Waals surface area contributed by atoms with Crippen LogP contribution in [0.2, 0.25) is 0 Å². The lowest BCUT2D eigenvalue weighted by molar-refractivity contribution is -0.302. The molecule has 14 atom stereocenters. The third kappa shape index (κ3) is 26.0. The summed E-state index contributed by atoms with van der Waals surface area (Å²) in [5.74, 6) is -7.91. The van der Waals surface area contributed by atoms with Crippen molar-refractivity contribution in [2.75, 3.05) is 104 Å². The fraction of sp³-hybridized carbons (Fsp3) is 0.475. The highest BCUT2D eigenvalue weighted by molar-refractivity contribution is 6.39. The van der Waals surface area contributed by atoms with E-state index in [1.807, 2.05) is 143 Å². The first kappa shape index (κ1) is 94.9. The molecule has 1 aliphatic carbocycles. The fourth-order valence-electron chi connectivity index (χ4n) is 17.7. The minimum atomic E-state index is -2.51. The molecule has 2 amide bonds. The highest BCUT2D eigenvalue weighted by Gasteiger charge is 2.57. The van der Waals surface area contributed by atoms with Crippen molar-refractivity contribution in [3.05, 3.63) is 245 Å². The molecule has 124 heavy (non-hydrogen) atoms. The largest absolute Gasteiger partial charge is 0.456 e. The number of nitrogens with zero attached hydrogens (tertiary/aromatic N) is 8. The fourth-order valence-corrected chi connectivity index (χ4v) is 17.7. The number of ketones is 2. The van der Waals surface area contributed by atoms with Gasteiger partial charge in [-0.25, -0.2) is 23.5 Å². The van der Waals surface area contributed by atoms with E-state index in [1.165, 1.54) is 54.5 Å². The number of rotatable bonds is 20. The molecular weight excluding hydrogens is 1580 g/mol. The number of allylic oxidation sites excluding steroid dienone is 4. The molecule has 2 aromatic heterocycles. The van der Waals surface area contributed by atoms with Gasteiger partial charge < -0.3 is 59.4 Å². The Balaban J connectivity index is 0.000000192. The second-order valence-electron chi connectivity index (χ2n) is 34.3. The van der Waals surface area contributed by atoms with Crippen molar-refractivity contribution in [1.29, 1.82) is 0 Å². The van der Waals surface area contributed by atoms with E-state index in [-0.39, 0.29) is 73.1 Å². The van der Waals surface area contributed by atoms with Gasteiger partial charge in [0.15, 0.2) is 0 Å². The molecule has 25 heteroatoms. The molecule has 0 unspecified atom stereocenters. The third-order valence-corrected chi connectivity index (χ3v) is 25.1. The zero-order valence-corrected chi connectivity index (χ0v) is 73.5. The maximum atomic E-state index is 14.3. The number of aliphatic hydroxyl groups is 3. The standard InChI is InChI=1S/C44H69NO12.C29H31N7O.C26H26F2N2/c1-10-13-31-19-25(2)18-26(3)20-37(54-8)40-38(55-9)22-28(5)44(52,57-40)41(49)42(50)45-17-12-11-14-32(45)43(51)56-39(29(6)34(47)24-35(31)48)27(4)21-30-15-16-33(46)36(23-30)53-7;1-21-5-10-25(18-27(21)34-29-31-13-11-26(33-29)24-4-3-12-30-19-24)32-28(37)23-8-6-22(7-9-23)20-36-16-14-35(2)15-17-36;27-24-12-8-22(9-13-24)26(23-10-14-25(28)15-11-23)30-19-17-29(18-20-30)16-4-7-21-5-2-1-3-6-21/h10,19,21,26,28-34,36-40,46-47,52H,1,11-18,20,22-24H2,2-9H3;3-13,18-19H,14-17,20H2,1-2H3,(H,32,37)(H,31,33,34);1-15,26H,16-20H2/b25-19+,27-21+;;7-4+/t26-,28+,29+,30-,31+,32-,33+,34-,36+,37-,38-,39+,40+,44+;;/m0../s1. The molecule has 664 valence electrons. The summed E-state index contributed by atoms with van der Waals surface area (Å²) in [5.41, 5.74) is 11.0. The number of pyridine rings is 1. The number of hydrogen-bond acceptors (Lipinski definition) is 21. The van der Waals surface area contributed by atoms with Crippen LogP contribution in [-0.2, 0) is 49.4 Å². The van der Waals surface area contributed by atoms with Gasteiger partial charge in [-0.3, -0.25) is 38.9 Å². The first-order valence-electron chi connectivity index (χ1n) is 43.7. The van der Waals surface area contributed by atoms with E-state index in [4.69, 9.17) is 23.7 Å². The summed E-state index contributed by atoms with van der Waals surface area (Å²) in [7, 11) is 6.77. The number of Topliss-reactive ketones (excluding diaryl/α,β-unsaturated/α-hetero) is 2. The molecule has 23 nitrogen and oxygen atoms in total. The highest BCUT2D eigenvalue weighted by atomic mass is 19.1. The van der Waals surface area contributed by atoms with Crippen molar-refractivity contribution in [3.8, 4) is 11.3 Å². The van der Waals surface area contributed by atoms with Gasteiger partial charge in [0.05, 0.1) is 42.3 Å². The predicted octanol–water partition coefficient (Wildman–Crippen LogP) is 14.6. The first-order valence-corrected chi connectivity index (χ1v) is 43.7. The summed E-state index contributed by atoms with van der Waals surface area (Å²) < 4.78 is 56.7. The summed E-state index contributed by atoms with van der Waals surface area (Å²) in [5, 5.41) is 40.4. The number of aryl methyl sites for hydroxylation is 1. The van der Waals surface area contributed by atoms with Gasteiger partial charge in [-0.15, -0.1) is 6.58 Å². The number of nitrogens with one attached hydrogen (secondary N) is 2. The quantitative estimate of drug-likeness (QED) is 0.0269. The Morgan fingerprint density at radius 1 is 0.726 bits per heavy atom. The van der Waals surface area contributed by atoms with Gasteiger partial charge in [0.25, 0.3) is 17.6 Å². The number of aromatic nitrogens is 3. The van der Waals surface area contributed by atoms with Gasteiger partial charge in [0.1, 0.15) is 35.7 Å². The number of amides is 2. The van der Waals surface area contributed by atoms with Crippen LogP contribution in [0, 0.1) is 48.1 Å². The lowest BCUT2D eigenvalue weighted by Gasteiger charge is -2.47. The smallest absolute Gasteiger partial charge is 0.329 e. The van der Waals surface area contributed by atoms with Crippen LogP contribution in [-0.4, -0.2) is 233 Å². The Morgan fingerprint density at radius 3 is 2.05 bits per heavy atom. The molecule has 5 N–H and O–H groups in total. The van der Waals surface area contributed by atoms with E-state index in [0.717, 1.165) is 105 Å². The van der Waals surface area contributed by atoms with Crippen LogP contribution in [0.3, 0.4) is 0 Å². The zero-order chi connectivity index (χ0) is 88.6. The van der Waals surface area contributed by atoms with Crippen molar-refractivity contribution in [2.45, 2.75) is 179 Å². The van der Waals surface area contributed by atoms with Crippen molar-refractivity contribution >= 4 is 52.7 Å². The Kier molecular flexibility index (Phi) is 35.2. The van der Waals surface area contributed by atoms with Gasteiger partial charge in [0, 0.05) is 159 Å². The summed E-state index contributed by atoms with van der Waals surface area (Å²) >= 11 is 0. The Hall–Kier alpha value is -9.74. The minimum absolute atomic E-state index is 0.00629. The molecule has 13 rings (SSSR count). The lowest BCUT2D eigenvalue weighted by Crippen LogP contribution is -2.64. The number of ether oxygens (including phenoxy) is 5. The minimum Gasteiger partial charge on any atom is -0.456 e. The number of piperidine rings is 1.